The summed E-state index contributed by atoms with van der Waals surface area (Å²) in [6, 6.07) is 0. The Bertz CT molecular complexity index is 330. The summed E-state index contributed by atoms with van der Waals surface area (Å²) >= 11 is 0. The lowest BCUT2D eigenvalue weighted by atomic mass is 9.85. The molecule has 1 heteroatoms. The number of aryl methyl sites for hydroxylation is 1. The molecule has 0 aromatic carbocycles. The third kappa shape index (κ3) is 6.31. The number of aromatic nitrogens is 1. The Morgan fingerprint density at radius 1 is 0.842 bits per heavy atom. The molecule has 0 amide bonds. The van der Waals surface area contributed by atoms with E-state index in [-0.39, 0.29) is 5.41 Å². The van der Waals surface area contributed by atoms with Crippen LogP contribution in [0.2, 0.25) is 0 Å². The summed E-state index contributed by atoms with van der Waals surface area (Å²) in [5.74, 6) is 0. The van der Waals surface area contributed by atoms with Crippen molar-refractivity contribution in [2.45, 2.75) is 90.9 Å². The first-order valence-electron chi connectivity index (χ1n) is 8.22. The lowest BCUT2D eigenvalue weighted by Crippen LogP contribution is -2.12. The fourth-order valence-corrected chi connectivity index (χ4v) is 2.75. The van der Waals surface area contributed by atoms with Crippen LogP contribution >= 0.6 is 0 Å². The molecule has 0 aliphatic heterocycles. The second-order valence-corrected chi connectivity index (χ2v) is 6.87. The highest BCUT2D eigenvalue weighted by Crippen LogP contribution is 2.26. The number of rotatable bonds is 9. The van der Waals surface area contributed by atoms with Crippen LogP contribution in [0.25, 0.3) is 0 Å². The average Bonchev–Trinajstić information content (AvgIpc) is 2.81. The van der Waals surface area contributed by atoms with Crippen LogP contribution in [0.3, 0.4) is 0 Å². The van der Waals surface area contributed by atoms with Crippen molar-refractivity contribution in [3.8, 4) is 0 Å². The highest BCUT2D eigenvalue weighted by Gasteiger charge is 2.17. The number of unbranched alkanes of at least 4 members (excludes halogenated alkanes) is 7. The number of H-pyrrole nitrogens is 1. The molecule has 0 saturated heterocycles. The predicted octanol–water partition coefficient (Wildman–Crippen LogP) is 6.00. The molecule has 0 radical (unpaired) electrons. The van der Waals surface area contributed by atoms with E-state index in [0.717, 1.165) is 0 Å². The first-order chi connectivity index (χ1) is 9.05. The van der Waals surface area contributed by atoms with Crippen molar-refractivity contribution in [3.63, 3.8) is 0 Å². The first-order valence-corrected chi connectivity index (χ1v) is 8.22. The maximum atomic E-state index is 3.28. The van der Waals surface area contributed by atoms with Crippen LogP contribution in [0, 0.1) is 0 Å². The topological polar surface area (TPSA) is 15.8 Å². The van der Waals surface area contributed by atoms with E-state index in [2.05, 4.69) is 45.1 Å². The van der Waals surface area contributed by atoms with E-state index in [4.69, 9.17) is 0 Å². The Morgan fingerprint density at radius 3 is 2.00 bits per heavy atom. The van der Waals surface area contributed by atoms with E-state index >= 15 is 0 Å². The zero-order valence-electron chi connectivity index (χ0n) is 13.5. The lowest BCUT2D eigenvalue weighted by molar-refractivity contribution is 0.564. The van der Waals surface area contributed by atoms with Crippen LogP contribution in [0.1, 0.15) is 90.2 Å². The van der Waals surface area contributed by atoms with Crippen LogP contribution in [-0.2, 0) is 11.8 Å². The fraction of sp³-hybridized carbons (Fsp3) is 0.778. The van der Waals surface area contributed by atoms with Gasteiger partial charge in [0.15, 0.2) is 0 Å². The van der Waals surface area contributed by atoms with Gasteiger partial charge >= 0.3 is 0 Å². The van der Waals surface area contributed by atoms with Crippen LogP contribution in [-0.4, -0.2) is 4.98 Å². The molecule has 1 aromatic rings. The minimum absolute atomic E-state index is 0.273. The minimum atomic E-state index is 0.273. The second-order valence-electron chi connectivity index (χ2n) is 6.87. The maximum Gasteiger partial charge on any atom is 0.00455 e. The molecule has 0 aliphatic rings. The van der Waals surface area contributed by atoms with Crippen molar-refractivity contribution in [1.82, 2.24) is 4.98 Å². The molecule has 0 saturated carbocycles. The van der Waals surface area contributed by atoms with Crippen molar-refractivity contribution in [1.29, 1.82) is 0 Å². The van der Waals surface area contributed by atoms with Gasteiger partial charge in [0.1, 0.15) is 0 Å². The first kappa shape index (κ1) is 16.3. The van der Waals surface area contributed by atoms with Crippen LogP contribution < -0.4 is 0 Å². The SMILES string of the molecule is CCCCCCCCCCc1c[nH]cc1C(C)(C)C. The molecule has 19 heavy (non-hydrogen) atoms. The van der Waals surface area contributed by atoms with Gasteiger partial charge in [-0.3, -0.25) is 0 Å². The van der Waals surface area contributed by atoms with E-state index in [1.807, 2.05) is 0 Å². The van der Waals surface area contributed by atoms with Crippen molar-refractivity contribution < 1.29 is 0 Å². The standard InChI is InChI=1S/C18H33N/c1-5-6-7-8-9-10-11-12-13-16-14-19-15-17(16)18(2,3)4/h14-15,19H,5-13H2,1-4H3. The molecule has 0 fully saturated rings. The van der Waals surface area contributed by atoms with E-state index in [1.54, 1.807) is 0 Å². The Kier molecular flexibility index (Phi) is 7.27. The van der Waals surface area contributed by atoms with E-state index in [9.17, 15) is 0 Å². The number of aromatic amines is 1. The van der Waals surface area contributed by atoms with Gasteiger partial charge in [0.2, 0.25) is 0 Å². The Morgan fingerprint density at radius 2 is 1.42 bits per heavy atom. The van der Waals surface area contributed by atoms with Gasteiger partial charge < -0.3 is 4.98 Å². The average molecular weight is 263 g/mol. The number of hydrogen-bond donors (Lipinski definition) is 1. The molecule has 0 bridgehead atoms. The minimum Gasteiger partial charge on any atom is -0.367 e. The summed E-state index contributed by atoms with van der Waals surface area (Å²) in [6.07, 6.45) is 16.8. The zero-order valence-corrected chi connectivity index (χ0v) is 13.5. The van der Waals surface area contributed by atoms with E-state index in [1.165, 1.54) is 68.9 Å². The van der Waals surface area contributed by atoms with Crippen molar-refractivity contribution >= 4 is 0 Å². The smallest absolute Gasteiger partial charge is 0.00455 e. The largest absolute Gasteiger partial charge is 0.367 e. The van der Waals surface area contributed by atoms with Crippen molar-refractivity contribution in [2.24, 2.45) is 0 Å². The van der Waals surface area contributed by atoms with Crippen molar-refractivity contribution in [3.05, 3.63) is 23.5 Å². The van der Waals surface area contributed by atoms with Crippen LogP contribution in [0.4, 0.5) is 0 Å². The maximum absolute atomic E-state index is 3.28. The Labute approximate surface area is 120 Å². The molecule has 1 aromatic heterocycles. The Balaban J connectivity index is 2.15. The van der Waals surface area contributed by atoms with E-state index in [0.29, 0.717) is 0 Å². The van der Waals surface area contributed by atoms with Gasteiger partial charge in [-0.05, 0) is 29.4 Å². The van der Waals surface area contributed by atoms with Crippen molar-refractivity contribution in [2.75, 3.05) is 0 Å². The third-order valence-corrected chi connectivity index (χ3v) is 3.94. The molecule has 0 aliphatic carbocycles. The van der Waals surface area contributed by atoms with Gasteiger partial charge in [0, 0.05) is 12.4 Å². The highest BCUT2D eigenvalue weighted by atomic mass is 14.6. The number of nitrogens with one attached hydrogen (secondary N) is 1. The molecule has 1 heterocycles. The quantitative estimate of drug-likeness (QED) is 0.526. The molecule has 0 unspecified atom stereocenters. The molecule has 1 nitrogen and oxygen atoms in total. The lowest BCUT2D eigenvalue weighted by Gasteiger charge is -2.19. The Hall–Kier alpha value is -0.720. The highest BCUT2D eigenvalue weighted by molar-refractivity contribution is 5.29. The summed E-state index contributed by atoms with van der Waals surface area (Å²) in [4.78, 5) is 3.28. The van der Waals surface area contributed by atoms with Crippen LogP contribution in [0.5, 0.6) is 0 Å². The van der Waals surface area contributed by atoms with Gasteiger partial charge in [-0.25, -0.2) is 0 Å². The summed E-state index contributed by atoms with van der Waals surface area (Å²) in [5, 5.41) is 0. The zero-order chi connectivity index (χ0) is 14.1. The summed E-state index contributed by atoms with van der Waals surface area (Å²) in [7, 11) is 0. The van der Waals surface area contributed by atoms with Crippen LogP contribution in [0.15, 0.2) is 12.4 Å². The van der Waals surface area contributed by atoms with Gasteiger partial charge in [-0.1, -0.05) is 72.6 Å². The number of hydrogen-bond acceptors (Lipinski definition) is 0. The fourth-order valence-electron chi connectivity index (χ4n) is 2.75. The van der Waals surface area contributed by atoms with Gasteiger partial charge in [-0.15, -0.1) is 0 Å². The summed E-state index contributed by atoms with van der Waals surface area (Å²) in [5.41, 5.74) is 3.30. The third-order valence-electron chi connectivity index (χ3n) is 3.94. The predicted molar refractivity (Wildman–Crippen MR) is 85.8 cm³/mol. The molecular formula is C18H33N. The summed E-state index contributed by atoms with van der Waals surface area (Å²) in [6.45, 7) is 9.18. The monoisotopic (exact) mass is 263 g/mol. The van der Waals surface area contributed by atoms with Gasteiger partial charge in [0.25, 0.3) is 0 Å². The normalized spacial score (nSPS) is 12.0. The molecule has 0 atom stereocenters. The molecule has 110 valence electrons. The summed E-state index contributed by atoms with van der Waals surface area (Å²) < 4.78 is 0. The van der Waals surface area contributed by atoms with Gasteiger partial charge in [-0.2, -0.15) is 0 Å². The second kappa shape index (κ2) is 8.45. The van der Waals surface area contributed by atoms with E-state index < -0.39 is 0 Å². The molecule has 0 spiro atoms. The van der Waals surface area contributed by atoms with Gasteiger partial charge in [0.05, 0.1) is 0 Å². The molecule has 1 N–H and O–H groups in total. The molecular weight excluding hydrogens is 230 g/mol. The molecule has 1 rings (SSSR count).